The average Bonchev–Trinajstić information content (AvgIpc) is 2.61. The molecule has 0 saturated heterocycles. The zero-order valence-corrected chi connectivity index (χ0v) is 18.9. The lowest BCUT2D eigenvalue weighted by Gasteiger charge is -2.16. The van der Waals surface area contributed by atoms with Gasteiger partial charge in [-0.25, -0.2) is 0 Å². The van der Waals surface area contributed by atoms with Crippen LogP contribution in [0.25, 0.3) is 0 Å². The second-order valence-corrected chi connectivity index (χ2v) is 8.48. The van der Waals surface area contributed by atoms with Crippen molar-refractivity contribution >= 4 is 17.7 Å². The fourth-order valence-electron chi connectivity index (χ4n) is 2.38. The summed E-state index contributed by atoms with van der Waals surface area (Å²) in [4.78, 5) is 11.2. The van der Waals surface area contributed by atoms with Crippen LogP contribution in [0.2, 0.25) is 0 Å². The third kappa shape index (κ3) is 17.4. The molecule has 0 spiro atoms. The summed E-state index contributed by atoms with van der Waals surface area (Å²) in [6, 6.07) is -1.15. The fourth-order valence-corrected chi connectivity index (χ4v) is 3.39. The third-order valence-electron chi connectivity index (χ3n) is 4.09. The number of alkyl halides is 3. The maximum absolute atomic E-state index is 12.1. The maximum atomic E-state index is 12.1. The highest BCUT2D eigenvalue weighted by Crippen LogP contribution is 2.16. The summed E-state index contributed by atoms with van der Waals surface area (Å²) in [5, 5.41) is 20.9. The number of aliphatic hydroxyl groups excluding tert-OH is 1. The molecule has 3 N–H and O–H groups in total. The number of aliphatic hydroxyl groups is 1. The van der Waals surface area contributed by atoms with Gasteiger partial charge in [-0.2, -0.15) is 24.9 Å². The van der Waals surface area contributed by atoms with E-state index in [0.717, 1.165) is 25.7 Å². The first-order valence-corrected chi connectivity index (χ1v) is 11.0. The van der Waals surface area contributed by atoms with E-state index in [9.17, 15) is 23.1 Å². The number of allylic oxidation sites excluding steroid dienone is 6. The molecule has 0 rings (SSSR count). The molecule has 0 saturated carbocycles. The summed E-state index contributed by atoms with van der Waals surface area (Å²) in [5.74, 6) is -0.509. The minimum atomic E-state index is -4.56. The molecular weight excluding hydrogens is 415 g/mol. The first-order chi connectivity index (χ1) is 13.9. The molecule has 0 heterocycles. The lowest BCUT2D eigenvalue weighted by molar-refractivity contribution is -0.139. The van der Waals surface area contributed by atoms with E-state index in [1.807, 2.05) is 13.0 Å². The fraction of sp³-hybridized carbons (Fsp3) is 0.591. The Bertz CT molecular complexity index is 636. The van der Waals surface area contributed by atoms with E-state index in [1.54, 1.807) is 0 Å². The molecule has 0 bridgehead atoms. The van der Waals surface area contributed by atoms with Gasteiger partial charge in [0.05, 0.1) is 0 Å². The normalized spacial score (nSPS) is 15.3. The molecule has 8 heteroatoms. The van der Waals surface area contributed by atoms with Gasteiger partial charge in [0.15, 0.2) is 0 Å². The Morgan fingerprint density at radius 2 is 1.60 bits per heavy atom. The van der Waals surface area contributed by atoms with Crippen molar-refractivity contribution in [2.24, 2.45) is 0 Å². The Morgan fingerprint density at radius 3 is 2.13 bits per heavy atom. The Labute approximate surface area is 182 Å². The number of thioether (sulfide) groups is 1. The van der Waals surface area contributed by atoms with Crippen molar-refractivity contribution in [3.05, 3.63) is 47.1 Å². The third-order valence-corrected chi connectivity index (χ3v) is 5.07. The number of carbonyl (C=O) groups is 1. The van der Waals surface area contributed by atoms with Crippen LogP contribution >= 0.6 is 11.8 Å². The minimum Gasteiger partial charge on any atom is -0.480 e. The smallest absolute Gasteiger partial charge is 0.409 e. The second-order valence-electron chi connectivity index (χ2n) is 7.40. The predicted octanol–water partition coefficient (Wildman–Crippen LogP) is 5.62. The largest absolute Gasteiger partial charge is 0.480 e. The van der Waals surface area contributed by atoms with E-state index in [2.05, 4.69) is 38.2 Å². The number of nitrogens with one attached hydrogen (secondary N) is 1. The first kappa shape index (κ1) is 28.5. The summed E-state index contributed by atoms with van der Waals surface area (Å²) in [6.07, 6.45) is 4.58. The van der Waals surface area contributed by atoms with Crippen LogP contribution in [0.15, 0.2) is 47.1 Å². The lowest BCUT2D eigenvalue weighted by Crippen LogP contribution is -2.44. The molecule has 0 amide bonds. The van der Waals surface area contributed by atoms with Crippen LogP contribution in [-0.4, -0.2) is 46.1 Å². The lowest BCUT2D eigenvalue weighted by atomic mass is 10.1. The number of rotatable bonds is 14. The van der Waals surface area contributed by atoms with Crippen LogP contribution in [0.5, 0.6) is 0 Å². The molecular formula is C22H34F3NO3S. The van der Waals surface area contributed by atoms with Gasteiger partial charge in [-0.05, 0) is 59.5 Å². The summed E-state index contributed by atoms with van der Waals surface area (Å²) >= 11 is 1.34. The van der Waals surface area contributed by atoms with Crippen LogP contribution < -0.4 is 5.32 Å². The number of halogens is 3. The molecule has 4 nitrogen and oxygen atoms in total. The number of aliphatic carboxylic acids is 1. The molecule has 0 radical (unpaired) electrons. The van der Waals surface area contributed by atoms with Gasteiger partial charge < -0.3 is 10.2 Å². The number of hydrogen-bond donors (Lipinski definition) is 3. The molecule has 0 aromatic rings. The molecule has 0 aromatic carbocycles. The summed E-state index contributed by atoms with van der Waals surface area (Å²) in [7, 11) is 0. The monoisotopic (exact) mass is 449 g/mol. The number of hydrogen-bond acceptors (Lipinski definition) is 4. The van der Waals surface area contributed by atoms with Crippen molar-refractivity contribution in [3.8, 4) is 0 Å². The van der Waals surface area contributed by atoms with Crippen molar-refractivity contribution in [3.63, 3.8) is 0 Å². The Hall–Kier alpha value is -1.51. The van der Waals surface area contributed by atoms with Gasteiger partial charge >= 0.3 is 12.1 Å². The second kappa shape index (κ2) is 15.3. The SMILES string of the molecule is CC(C)=CCC/C(C)=C/CC/C(C)=C/CSC[C@H](NC(O)/C=C/C(F)(F)F)C(=O)O. The molecule has 0 fully saturated rings. The Balaban J connectivity index is 4.30. The van der Waals surface area contributed by atoms with Crippen LogP contribution in [0.3, 0.4) is 0 Å². The van der Waals surface area contributed by atoms with Crippen LogP contribution in [-0.2, 0) is 4.79 Å². The molecule has 30 heavy (non-hydrogen) atoms. The van der Waals surface area contributed by atoms with Gasteiger partial charge in [-0.15, -0.1) is 0 Å². The van der Waals surface area contributed by atoms with Gasteiger partial charge in [-0.1, -0.05) is 34.9 Å². The van der Waals surface area contributed by atoms with E-state index in [-0.39, 0.29) is 11.8 Å². The van der Waals surface area contributed by atoms with E-state index in [0.29, 0.717) is 11.8 Å². The van der Waals surface area contributed by atoms with Crippen molar-refractivity contribution in [1.82, 2.24) is 5.32 Å². The molecule has 0 aliphatic heterocycles. The highest BCUT2D eigenvalue weighted by atomic mass is 32.2. The van der Waals surface area contributed by atoms with Gasteiger partial charge in [0.2, 0.25) is 0 Å². The number of carboxylic acids is 1. The van der Waals surface area contributed by atoms with Gasteiger partial charge in [0.25, 0.3) is 0 Å². The Morgan fingerprint density at radius 1 is 1.03 bits per heavy atom. The molecule has 0 aliphatic rings. The Kier molecular flexibility index (Phi) is 14.5. The highest BCUT2D eigenvalue weighted by Gasteiger charge is 2.24. The van der Waals surface area contributed by atoms with E-state index >= 15 is 0 Å². The molecule has 0 aromatic heterocycles. The van der Waals surface area contributed by atoms with E-state index < -0.39 is 24.4 Å². The molecule has 2 atom stereocenters. The van der Waals surface area contributed by atoms with Crippen LogP contribution in [0.1, 0.15) is 53.4 Å². The quantitative estimate of drug-likeness (QED) is 0.182. The predicted molar refractivity (Wildman–Crippen MR) is 118 cm³/mol. The maximum Gasteiger partial charge on any atom is 0.409 e. The van der Waals surface area contributed by atoms with E-state index in [1.165, 1.54) is 28.5 Å². The zero-order chi connectivity index (χ0) is 23.2. The van der Waals surface area contributed by atoms with Gasteiger partial charge in [-0.3, -0.25) is 10.1 Å². The summed E-state index contributed by atoms with van der Waals surface area (Å²) < 4.78 is 36.3. The van der Waals surface area contributed by atoms with Crippen molar-refractivity contribution in [2.75, 3.05) is 11.5 Å². The van der Waals surface area contributed by atoms with E-state index in [4.69, 9.17) is 5.11 Å². The highest BCUT2D eigenvalue weighted by molar-refractivity contribution is 7.99. The summed E-state index contributed by atoms with van der Waals surface area (Å²) in [5.41, 5.74) is 3.89. The topological polar surface area (TPSA) is 69.6 Å². The molecule has 172 valence electrons. The van der Waals surface area contributed by atoms with Crippen molar-refractivity contribution in [2.45, 2.75) is 71.8 Å². The molecule has 1 unspecified atom stereocenters. The minimum absolute atomic E-state index is 0.124. The first-order valence-electron chi connectivity index (χ1n) is 9.86. The van der Waals surface area contributed by atoms with Gasteiger partial charge in [0.1, 0.15) is 12.3 Å². The number of carboxylic acid groups (broad SMARTS) is 1. The van der Waals surface area contributed by atoms with Crippen LogP contribution in [0, 0.1) is 0 Å². The zero-order valence-electron chi connectivity index (χ0n) is 18.1. The molecule has 0 aliphatic carbocycles. The standard InChI is InChI=1S/C22H34F3NO3S/c1-16(2)7-5-8-17(3)9-6-10-18(4)12-14-30-15-19(21(28)29)26-20(27)11-13-22(23,24)25/h7,9,11-13,19-20,26-27H,5-6,8,10,14-15H2,1-4H3,(H,28,29)/b13-11+,17-9+,18-12+/t19-,20?/m0/s1. The van der Waals surface area contributed by atoms with Crippen molar-refractivity contribution < 1.29 is 28.2 Å². The van der Waals surface area contributed by atoms with Crippen LogP contribution in [0.4, 0.5) is 13.2 Å². The summed E-state index contributed by atoms with van der Waals surface area (Å²) in [6.45, 7) is 8.33. The van der Waals surface area contributed by atoms with Gasteiger partial charge in [0, 0.05) is 17.6 Å². The average molecular weight is 450 g/mol. The van der Waals surface area contributed by atoms with Crippen molar-refractivity contribution in [1.29, 1.82) is 0 Å².